The lowest BCUT2D eigenvalue weighted by molar-refractivity contribution is -0.122. The van der Waals surface area contributed by atoms with Crippen LogP contribution < -0.4 is 9.47 Å². The van der Waals surface area contributed by atoms with E-state index in [1.807, 2.05) is 48.5 Å². The van der Waals surface area contributed by atoms with Gasteiger partial charge in [0.1, 0.15) is 0 Å². The van der Waals surface area contributed by atoms with Gasteiger partial charge in [-0.2, -0.15) is 0 Å². The number of amides is 2. The molecule has 6 heteroatoms. The van der Waals surface area contributed by atoms with Gasteiger partial charge in [-0.1, -0.05) is 49.7 Å². The van der Waals surface area contributed by atoms with E-state index in [0.29, 0.717) is 36.0 Å². The molecule has 0 N–H and O–H groups in total. The second kappa shape index (κ2) is 10.2. The second-order valence-electron chi connectivity index (χ2n) is 6.68. The lowest BCUT2D eigenvalue weighted by Gasteiger charge is -2.12. The molecule has 1 saturated heterocycles. The topological polar surface area (TPSA) is 55.8 Å². The molecule has 0 saturated carbocycles. The molecule has 0 bridgehead atoms. The Morgan fingerprint density at radius 2 is 1.86 bits per heavy atom. The average Bonchev–Trinajstić information content (AvgIpc) is 3.00. The number of rotatable bonds is 9. The quantitative estimate of drug-likeness (QED) is 0.422. The monoisotopic (exact) mass is 411 g/mol. The molecule has 0 unspecified atom stereocenters. The molecule has 0 radical (unpaired) electrons. The summed E-state index contributed by atoms with van der Waals surface area (Å²) in [6, 6.07) is 15.3. The summed E-state index contributed by atoms with van der Waals surface area (Å²) in [4.78, 5) is 26.7. The summed E-state index contributed by atoms with van der Waals surface area (Å²) >= 11 is 0.973. The number of carbonyl (C=O) groups excluding carboxylic acids is 2. The van der Waals surface area contributed by atoms with Crippen LogP contribution in [-0.2, 0) is 11.2 Å². The predicted octanol–water partition coefficient (Wildman–Crippen LogP) is 5.15. The average molecular weight is 412 g/mol. The van der Waals surface area contributed by atoms with E-state index in [9.17, 15) is 9.59 Å². The van der Waals surface area contributed by atoms with Crippen molar-refractivity contribution in [2.24, 2.45) is 0 Å². The zero-order valence-corrected chi connectivity index (χ0v) is 17.5. The maximum Gasteiger partial charge on any atom is 0.293 e. The Balaban J connectivity index is 1.69. The Hall–Kier alpha value is -2.73. The van der Waals surface area contributed by atoms with Gasteiger partial charge in [-0.15, -0.1) is 0 Å². The highest BCUT2D eigenvalue weighted by molar-refractivity contribution is 8.18. The Morgan fingerprint density at radius 3 is 2.59 bits per heavy atom. The fraction of sp³-hybridized carbons (Fsp3) is 0.304. The lowest BCUT2D eigenvalue weighted by Crippen LogP contribution is -2.30. The number of imide groups is 1. The highest BCUT2D eigenvalue weighted by Crippen LogP contribution is 2.34. The zero-order chi connectivity index (χ0) is 20.6. The molecule has 3 rings (SSSR count). The molecule has 5 nitrogen and oxygen atoms in total. The molecule has 0 atom stereocenters. The number of hydrogen-bond acceptors (Lipinski definition) is 5. The minimum Gasteiger partial charge on any atom is -0.493 e. The molecular weight excluding hydrogens is 386 g/mol. The first kappa shape index (κ1) is 21.0. The van der Waals surface area contributed by atoms with Gasteiger partial charge in [0.05, 0.1) is 18.6 Å². The van der Waals surface area contributed by atoms with Crippen molar-refractivity contribution in [1.29, 1.82) is 0 Å². The van der Waals surface area contributed by atoms with Gasteiger partial charge in [0, 0.05) is 6.54 Å². The highest BCUT2D eigenvalue weighted by Gasteiger charge is 2.34. The van der Waals surface area contributed by atoms with Crippen LogP contribution in [0.3, 0.4) is 0 Å². The van der Waals surface area contributed by atoms with Gasteiger partial charge >= 0.3 is 0 Å². The van der Waals surface area contributed by atoms with Crippen LogP contribution >= 0.6 is 11.8 Å². The van der Waals surface area contributed by atoms with Gasteiger partial charge < -0.3 is 9.47 Å². The third-order valence-corrected chi connectivity index (χ3v) is 5.49. The van der Waals surface area contributed by atoms with Gasteiger partial charge in [-0.3, -0.25) is 14.5 Å². The second-order valence-corrected chi connectivity index (χ2v) is 7.67. The van der Waals surface area contributed by atoms with E-state index < -0.39 is 0 Å². The summed E-state index contributed by atoms with van der Waals surface area (Å²) in [5.41, 5.74) is 1.89. The van der Waals surface area contributed by atoms with E-state index in [1.165, 1.54) is 4.90 Å². The first-order valence-electron chi connectivity index (χ1n) is 9.72. The third-order valence-electron chi connectivity index (χ3n) is 4.58. The molecule has 1 heterocycles. The number of methoxy groups -OCH3 is 1. The van der Waals surface area contributed by atoms with Crippen molar-refractivity contribution >= 4 is 29.0 Å². The van der Waals surface area contributed by atoms with Crippen molar-refractivity contribution in [2.75, 3.05) is 20.3 Å². The SMILES string of the molecule is CCCCOc1ccc(/C=C2\SC(=O)N(CCc3ccccc3)C2=O)cc1OC. The van der Waals surface area contributed by atoms with Crippen molar-refractivity contribution in [3.8, 4) is 11.5 Å². The van der Waals surface area contributed by atoms with Crippen molar-refractivity contribution in [3.05, 3.63) is 64.6 Å². The minimum absolute atomic E-state index is 0.233. The summed E-state index contributed by atoms with van der Waals surface area (Å²) in [5, 5.41) is -0.233. The standard InChI is InChI=1S/C23H25NO4S/c1-3-4-14-28-19-11-10-18(15-20(19)27-2)16-21-22(25)24(23(26)29-21)13-12-17-8-6-5-7-9-17/h5-11,15-16H,3-4,12-14H2,1-2H3/b21-16-. The van der Waals surface area contributed by atoms with Crippen molar-refractivity contribution in [3.63, 3.8) is 0 Å². The molecule has 2 amide bonds. The lowest BCUT2D eigenvalue weighted by atomic mass is 10.1. The third kappa shape index (κ3) is 5.41. The minimum atomic E-state index is -0.252. The van der Waals surface area contributed by atoms with Crippen LogP contribution in [0.15, 0.2) is 53.4 Å². The Labute approximate surface area is 175 Å². The summed E-state index contributed by atoms with van der Waals surface area (Å²) in [6.45, 7) is 3.11. The molecule has 2 aromatic rings. The molecule has 2 aromatic carbocycles. The Bertz CT molecular complexity index is 895. The van der Waals surface area contributed by atoms with Crippen LogP contribution in [0, 0.1) is 0 Å². The molecule has 0 spiro atoms. The number of ether oxygens (including phenoxy) is 2. The van der Waals surface area contributed by atoms with E-state index in [4.69, 9.17) is 9.47 Å². The van der Waals surface area contributed by atoms with E-state index in [0.717, 1.165) is 35.7 Å². The number of unbranched alkanes of at least 4 members (excludes halogenated alkanes) is 1. The molecule has 1 aliphatic rings. The van der Waals surface area contributed by atoms with Crippen molar-refractivity contribution in [1.82, 2.24) is 4.90 Å². The van der Waals surface area contributed by atoms with E-state index in [-0.39, 0.29) is 11.1 Å². The number of carbonyl (C=O) groups is 2. The first-order chi connectivity index (χ1) is 14.1. The Kier molecular flexibility index (Phi) is 7.36. The normalized spacial score (nSPS) is 15.2. The van der Waals surface area contributed by atoms with E-state index >= 15 is 0 Å². The van der Waals surface area contributed by atoms with Gasteiger partial charge in [0.15, 0.2) is 11.5 Å². The fourth-order valence-corrected chi connectivity index (χ4v) is 3.81. The zero-order valence-electron chi connectivity index (χ0n) is 16.7. The van der Waals surface area contributed by atoms with Gasteiger partial charge in [-0.05, 0) is 53.9 Å². The largest absolute Gasteiger partial charge is 0.493 e. The molecule has 0 aliphatic carbocycles. The number of thioether (sulfide) groups is 1. The van der Waals surface area contributed by atoms with Gasteiger partial charge in [0.2, 0.25) is 0 Å². The molecule has 1 aliphatic heterocycles. The van der Waals surface area contributed by atoms with Gasteiger partial charge in [-0.25, -0.2) is 0 Å². The maximum absolute atomic E-state index is 12.7. The fourth-order valence-electron chi connectivity index (χ4n) is 2.95. The van der Waals surface area contributed by atoms with Crippen LogP contribution in [0.25, 0.3) is 6.08 Å². The van der Waals surface area contributed by atoms with Crippen molar-refractivity contribution < 1.29 is 19.1 Å². The van der Waals surface area contributed by atoms with Crippen LogP contribution in [0.4, 0.5) is 4.79 Å². The van der Waals surface area contributed by atoms with E-state index in [2.05, 4.69) is 6.92 Å². The summed E-state index contributed by atoms with van der Waals surface area (Å²) in [6.07, 6.45) is 4.40. The molecular formula is C23H25NO4S. The molecule has 152 valence electrons. The predicted molar refractivity (Wildman–Crippen MR) is 116 cm³/mol. The summed E-state index contributed by atoms with van der Waals surface area (Å²) < 4.78 is 11.2. The first-order valence-corrected chi connectivity index (χ1v) is 10.5. The summed E-state index contributed by atoms with van der Waals surface area (Å²) in [5.74, 6) is 1.03. The van der Waals surface area contributed by atoms with Crippen LogP contribution in [-0.4, -0.2) is 36.3 Å². The molecule has 1 fully saturated rings. The number of benzene rings is 2. The smallest absolute Gasteiger partial charge is 0.293 e. The highest BCUT2D eigenvalue weighted by atomic mass is 32.2. The van der Waals surface area contributed by atoms with E-state index in [1.54, 1.807) is 13.2 Å². The maximum atomic E-state index is 12.7. The number of hydrogen-bond donors (Lipinski definition) is 0. The van der Waals surface area contributed by atoms with Gasteiger partial charge in [0.25, 0.3) is 11.1 Å². The molecule has 29 heavy (non-hydrogen) atoms. The van der Waals surface area contributed by atoms with Crippen LogP contribution in [0.5, 0.6) is 11.5 Å². The Morgan fingerprint density at radius 1 is 1.07 bits per heavy atom. The van der Waals surface area contributed by atoms with Crippen molar-refractivity contribution in [2.45, 2.75) is 26.2 Å². The molecule has 0 aromatic heterocycles. The van der Waals surface area contributed by atoms with Crippen LogP contribution in [0.2, 0.25) is 0 Å². The summed E-state index contributed by atoms with van der Waals surface area (Å²) in [7, 11) is 1.59. The van der Waals surface area contributed by atoms with Crippen LogP contribution in [0.1, 0.15) is 30.9 Å². The number of nitrogens with zero attached hydrogens (tertiary/aromatic N) is 1.